The van der Waals surface area contributed by atoms with Crippen LogP contribution in [0, 0.1) is 11.3 Å². The molecule has 0 saturated carbocycles. The number of nitrogens with one attached hydrogen (secondary N) is 1. The molecule has 0 fully saturated rings. The molecule has 0 radical (unpaired) electrons. The van der Waals surface area contributed by atoms with Crippen molar-refractivity contribution in [3.05, 3.63) is 59.7 Å². The second-order valence-electron chi connectivity index (χ2n) is 4.77. The van der Waals surface area contributed by atoms with Crippen LogP contribution >= 0.6 is 0 Å². The summed E-state index contributed by atoms with van der Waals surface area (Å²) in [7, 11) is 0. The van der Waals surface area contributed by atoms with Crippen molar-refractivity contribution in [3.8, 4) is 11.8 Å². The van der Waals surface area contributed by atoms with E-state index in [4.69, 9.17) is 14.7 Å². The number of nitriles is 1. The molecule has 0 atom stereocenters. The van der Waals surface area contributed by atoms with E-state index in [0.717, 1.165) is 0 Å². The number of nitrogens with zero attached hydrogens (tertiary/aromatic N) is 1. The van der Waals surface area contributed by atoms with Crippen LogP contribution in [0.3, 0.4) is 0 Å². The SMILES string of the molecule is CCOc1ccc(NC(=O)COC(=O)c2cccc(C#N)c2)cc1. The van der Waals surface area contributed by atoms with Gasteiger partial charge in [-0.25, -0.2) is 4.79 Å². The summed E-state index contributed by atoms with van der Waals surface area (Å²) < 4.78 is 10.2. The molecule has 0 heterocycles. The Morgan fingerprint density at radius 2 is 1.92 bits per heavy atom. The summed E-state index contributed by atoms with van der Waals surface area (Å²) in [5.74, 6) is -0.405. The minimum absolute atomic E-state index is 0.225. The highest BCUT2D eigenvalue weighted by Crippen LogP contribution is 2.15. The van der Waals surface area contributed by atoms with E-state index in [1.165, 1.54) is 12.1 Å². The standard InChI is InChI=1S/C18H16N2O4/c1-2-23-16-8-6-15(7-9-16)20-17(21)12-24-18(22)14-5-3-4-13(10-14)11-19/h3-10H,2,12H2,1H3,(H,20,21). The fourth-order valence-corrected chi connectivity index (χ4v) is 1.93. The van der Waals surface area contributed by atoms with Gasteiger partial charge in [0.25, 0.3) is 5.91 Å². The number of esters is 1. The molecule has 0 aliphatic rings. The van der Waals surface area contributed by atoms with E-state index in [-0.39, 0.29) is 5.56 Å². The summed E-state index contributed by atoms with van der Waals surface area (Å²) >= 11 is 0. The van der Waals surface area contributed by atoms with Crippen LogP contribution in [-0.2, 0) is 9.53 Å². The molecule has 2 aromatic carbocycles. The van der Waals surface area contributed by atoms with Gasteiger partial charge < -0.3 is 14.8 Å². The highest BCUT2D eigenvalue weighted by molar-refractivity contribution is 5.95. The van der Waals surface area contributed by atoms with Crippen molar-refractivity contribution < 1.29 is 19.1 Å². The van der Waals surface area contributed by atoms with Gasteiger partial charge >= 0.3 is 5.97 Å². The predicted octanol–water partition coefficient (Wildman–Crippen LogP) is 2.75. The molecule has 1 amide bonds. The summed E-state index contributed by atoms with van der Waals surface area (Å²) in [6.45, 7) is 2.04. The molecule has 122 valence electrons. The van der Waals surface area contributed by atoms with Crippen molar-refractivity contribution in [2.24, 2.45) is 0 Å². The molecule has 0 spiro atoms. The molecule has 0 aromatic heterocycles. The largest absolute Gasteiger partial charge is 0.494 e. The van der Waals surface area contributed by atoms with E-state index in [1.807, 2.05) is 13.0 Å². The molecule has 0 saturated heterocycles. The number of benzene rings is 2. The van der Waals surface area contributed by atoms with Crippen molar-refractivity contribution in [1.82, 2.24) is 0 Å². The van der Waals surface area contributed by atoms with Crippen LogP contribution in [0.1, 0.15) is 22.8 Å². The Bertz CT molecular complexity index is 763. The summed E-state index contributed by atoms with van der Waals surface area (Å²) in [5.41, 5.74) is 1.15. The molecular formula is C18H16N2O4. The highest BCUT2D eigenvalue weighted by Gasteiger charge is 2.11. The number of hydrogen-bond acceptors (Lipinski definition) is 5. The maximum Gasteiger partial charge on any atom is 0.338 e. The van der Waals surface area contributed by atoms with Gasteiger partial charge in [0, 0.05) is 5.69 Å². The topological polar surface area (TPSA) is 88.4 Å². The minimum atomic E-state index is -0.658. The van der Waals surface area contributed by atoms with Gasteiger partial charge in [0.05, 0.1) is 23.8 Å². The number of carbonyl (C=O) groups excluding carboxylic acids is 2. The van der Waals surface area contributed by atoms with E-state index in [0.29, 0.717) is 23.6 Å². The third-order valence-electron chi connectivity index (χ3n) is 3.01. The Hall–Kier alpha value is -3.33. The lowest BCUT2D eigenvalue weighted by Gasteiger charge is -2.08. The molecule has 6 nitrogen and oxygen atoms in total. The van der Waals surface area contributed by atoms with Crippen molar-refractivity contribution in [1.29, 1.82) is 5.26 Å². The van der Waals surface area contributed by atoms with Crippen LogP contribution in [0.4, 0.5) is 5.69 Å². The van der Waals surface area contributed by atoms with Gasteiger partial charge in [-0.05, 0) is 49.4 Å². The average molecular weight is 324 g/mol. The Morgan fingerprint density at radius 1 is 1.17 bits per heavy atom. The number of anilines is 1. The smallest absolute Gasteiger partial charge is 0.338 e. The second kappa shape index (κ2) is 8.34. The lowest BCUT2D eigenvalue weighted by atomic mass is 10.1. The summed E-state index contributed by atoms with van der Waals surface area (Å²) in [5, 5.41) is 11.4. The lowest BCUT2D eigenvalue weighted by molar-refractivity contribution is -0.119. The highest BCUT2D eigenvalue weighted by atomic mass is 16.5. The van der Waals surface area contributed by atoms with Crippen molar-refractivity contribution in [3.63, 3.8) is 0 Å². The summed E-state index contributed by atoms with van der Waals surface area (Å²) in [6, 6.07) is 14.9. The maximum absolute atomic E-state index is 11.9. The van der Waals surface area contributed by atoms with Crippen LogP contribution < -0.4 is 10.1 Å². The molecular weight excluding hydrogens is 308 g/mol. The average Bonchev–Trinajstić information content (AvgIpc) is 2.61. The van der Waals surface area contributed by atoms with Crippen molar-refractivity contribution in [2.75, 3.05) is 18.5 Å². The molecule has 24 heavy (non-hydrogen) atoms. The molecule has 2 rings (SSSR count). The van der Waals surface area contributed by atoms with E-state index in [1.54, 1.807) is 36.4 Å². The maximum atomic E-state index is 11.9. The van der Waals surface area contributed by atoms with Crippen LogP contribution in [0.25, 0.3) is 0 Å². The molecule has 1 N–H and O–H groups in total. The fraction of sp³-hybridized carbons (Fsp3) is 0.167. The number of carbonyl (C=O) groups is 2. The first-order valence-corrected chi connectivity index (χ1v) is 7.32. The van der Waals surface area contributed by atoms with Gasteiger partial charge in [-0.2, -0.15) is 5.26 Å². The number of rotatable bonds is 6. The van der Waals surface area contributed by atoms with E-state index in [2.05, 4.69) is 5.32 Å². The number of ether oxygens (including phenoxy) is 2. The van der Waals surface area contributed by atoms with E-state index >= 15 is 0 Å². The predicted molar refractivity (Wildman–Crippen MR) is 87.7 cm³/mol. The van der Waals surface area contributed by atoms with Gasteiger partial charge in [-0.15, -0.1) is 0 Å². The van der Waals surface area contributed by atoms with Crippen LogP contribution in [0.5, 0.6) is 5.75 Å². The van der Waals surface area contributed by atoms with Gasteiger partial charge in [0.15, 0.2) is 6.61 Å². The van der Waals surface area contributed by atoms with E-state index < -0.39 is 18.5 Å². The first-order valence-electron chi connectivity index (χ1n) is 7.32. The molecule has 0 bridgehead atoms. The van der Waals surface area contributed by atoms with Gasteiger partial charge in [0.1, 0.15) is 5.75 Å². The monoisotopic (exact) mass is 324 g/mol. The van der Waals surface area contributed by atoms with Gasteiger partial charge in [-0.3, -0.25) is 4.79 Å². The third kappa shape index (κ3) is 4.85. The van der Waals surface area contributed by atoms with Gasteiger partial charge in [0.2, 0.25) is 0 Å². The summed E-state index contributed by atoms with van der Waals surface area (Å²) in [6.07, 6.45) is 0. The molecule has 0 aliphatic heterocycles. The van der Waals surface area contributed by atoms with Crippen LogP contribution in [-0.4, -0.2) is 25.1 Å². The quantitative estimate of drug-likeness (QED) is 0.825. The molecule has 0 unspecified atom stereocenters. The number of hydrogen-bond donors (Lipinski definition) is 1. The normalized spacial score (nSPS) is 9.67. The summed E-state index contributed by atoms with van der Waals surface area (Å²) in [4.78, 5) is 23.7. The zero-order valence-electron chi connectivity index (χ0n) is 13.1. The first kappa shape index (κ1) is 17.0. The Labute approximate surface area is 139 Å². The second-order valence-corrected chi connectivity index (χ2v) is 4.77. The van der Waals surface area contributed by atoms with Crippen LogP contribution in [0.2, 0.25) is 0 Å². The zero-order chi connectivity index (χ0) is 17.4. The lowest BCUT2D eigenvalue weighted by Crippen LogP contribution is -2.20. The molecule has 0 aliphatic carbocycles. The van der Waals surface area contributed by atoms with Crippen molar-refractivity contribution >= 4 is 17.6 Å². The molecule has 6 heteroatoms. The number of amides is 1. The van der Waals surface area contributed by atoms with E-state index in [9.17, 15) is 9.59 Å². The Balaban J connectivity index is 1.86. The third-order valence-corrected chi connectivity index (χ3v) is 3.01. The fourth-order valence-electron chi connectivity index (χ4n) is 1.93. The Kier molecular flexibility index (Phi) is 5.92. The zero-order valence-corrected chi connectivity index (χ0v) is 13.1. The Morgan fingerprint density at radius 3 is 2.58 bits per heavy atom. The van der Waals surface area contributed by atoms with Crippen molar-refractivity contribution in [2.45, 2.75) is 6.92 Å². The minimum Gasteiger partial charge on any atom is -0.494 e. The van der Waals surface area contributed by atoms with Crippen LogP contribution in [0.15, 0.2) is 48.5 Å². The molecule has 2 aromatic rings. The van der Waals surface area contributed by atoms with Gasteiger partial charge in [-0.1, -0.05) is 6.07 Å². The first-order chi connectivity index (χ1) is 11.6.